The lowest BCUT2D eigenvalue weighted by molar-refractivity contribution is -0.121. The van der Waals surface area contributed by atoms with Crippen molar-refractivity contribution in [1.29, 1.82) is 0 Å². The number of nitrogens with one attached hydrogen (secondary N) is 2. The van der Waals surface area contributed by atoms with Gasteiger partial charge in [0.05, 0.1) is 6.26 Å². The van der Waals surface area contributed by atoms with Crippen LogP contribution in [-0.2, 0) is 4.79 Å². The summed E-state index contributed by atoms with van der Waals surface area (Å²) in [5, 5.41) is 6.31. The molecule has 2 heterocycles. The van der Waals surface area contributed by atoms with Crippen molar-refractivity contribution in [2.45, 2.75) is 38.6 Å². The average Bonchev–Trinajstić information content (AvgIpc) is 3.32. The van der Waals surface area contributed by atoms with Gasteiger partial charge in [0.15, 0.2) is 11.7 Å². The van der Waals surface area contributed by atoms with Crippen molar-refractivity contribution in [2.24, 2.45) is 4.99 Å². The number of hydrogen-bond donors (Lipinski definition) is 2. The second-order valence-corrected chi connectivity index (χ2v) is 6.94. The van der Waals surface area contributed by atoms with E-state index in [1.54, 1.807) is 17.0 Å². The maximum Gasteiger partial charge on any atom is 0.289 e. The third kappa shape index (κ3) is 5.74. The first-order valence-corrected chi connectivity index (χ1v) is 9.82. The molecule has 27 heavy (non-hydrogen) atoms. The highest BCUT2D eigenvalue weighted by Crippen LogP contribution is 2.18. The fourth-order valence-corrected chi connectivity index (χ4v) is 3.06. The molecule has 1 aromatic heterocycles. The summed E-state index contributed by atoms with van der Waals surface area (Å²) < 4.78 is 5.20. The van der Waals surface area contributed by atoms with Crippen LogP contribution in [-0.4, -0.2) is 72.9 Å². The zero-order valence-electron chi connectivity index (χ0n) is 15.9. The van der Waals surface area contributed by atoms with Crippen molar-refractivity contribution in [2.75, 3.05) is 39.3 Å². The topological polar surface area (TPSA) is 90.2 Å². The molecule has 148 valence electrons. The summed E-state index contributed by atoms with van der Waals surface area (Å²) in [6.45, 7) is 6.15. The van der Waals surface area contributed by atoms with E-state index in [0.717, 1.165) is 44.9 Å². The SMILES string of the molecule is CCNC(=NCCCC(=O)NC1CC1)N1CCN(C(=O)c2ccco2)CC1. The van der Waals surface area contributed by atoms with Crippen LogP contribution in [0.15, 0.2) is 27.8 Å². The van der Waals surface area contributed by atoms with E-state index >= 15 is 0 Å². The Morgan fingerprint density at radius 2 is 1.96 bits per heavy atom. The summed E-state index contributed by atoms with van der Waals surface area (Å²) in [5.74, 6) is 1.30. The molecule has 1 saturated carbocycles. The monoisotopic (exact) mass is 375 g/mol. The quantitative estimate of drug-likeness (QED) is 0.423. The van der Waals surface area contributed by atoms with Gasteiger partial charge >= 0.3 is 0 Å². The number of nitrogens with zero attached hydrogens (tertiary/aromatic N) is 3. The van der Waals surface area contributed by atoms with E-state index in [1.807, 2.05) is 6.92 Å². The molecule has 2 fully saturated rings. The summed E-state index contributed by atoms with van der Waals surface area (Å²) in [5.41, 5.74) is 0. The van der Waals surface area contributed by atoms with Gasteiger partial charge in [-0.25, -0.2) is 0 Å². The fraction of sp³-hybridized carbons (Fsp3) is 0.632. The largest absolute Gasteiger partial charge is 0.459 e. The van der Waals surface area contributed by atoms with Crippen LogP contribution in [0.2, 0.25) is 0 Å². The first kappa shape index (κ1) is 19.3. The number of piperazine rings is 1. The van der Waals surface area contributed by atoms with Crippen LogP contribution in [0.25, 0.3) is 0 Å². The molecule has 1 aromatic rings. The van der Waals surface area contributed by atoms with Crippen LogP contribution < -0.4 is 10.6 Å². The minimum absolute atomic E-state index is 0.0664. The molecule has 0 spiro atoms. The van der Waals surface area contributed by atoms with Crippen molar-refractivity contribution in [1.82, 2.24) is 20.4 Å². The molecule has 3 rings (SSSR count). The van der Waals surface area contributed by atoms with E-state index in [0.29, 0.717) is 37.9 Å². The van der Waals surface area contributed by atoms with Crippen LogP contribution in [0, 0.1) is 0 Å². The number of amides is 2. The molecule has 0 atom stereocenters. The number of furan rings is 1. The number of carbonyl (C=O) groups is 2. The van der Waals surface area contributed by atoms with E-state index in [-0.39, 0.29) is 11.8 Å². The number of hydrogen-bond acceptors (Lipinski definition) is 4. The average molecular weight is 375 g/mol. The zero-order chi connectivity index (χ0) is 19.1. The minimum atomic E-state index is -0.0664. The Hall–Kier alpha value is -2.51. The van der Waals surface area contributed by atoms with Crippen molar-refractivity contribution in [3.63, 3.8) is 0 Å². The summed E-state index contributed by atoms with van der Waals surface area (Å²) in [6, 6.07) is 3.84. The molecule has 2 amide bonds. The maximum absolute atomic E-state index is 12.3. The molecule has 0 aromatic carbocycles. The Balaban J connectivity index is 1.44. The zero-order valence-corrected chi connectivity index (χ0v) is 15.9. The summed E-state index contributed by atoms with van der Waals surface area (Å²) in [6.07, 6.45) is 5.01. The standard InChI is InChI=1S/C19H29N5O3/c1-2-20-19(21-9-3-6-17(25)22-15-7-8-15)24-12-10-23(11-13-24)18(26)16-5-4-14-27-16/h4-5,14-15H,2-3,6-13H2,1H3,(H,20,21)(H,22,25). The van der Waals surface area contributed by atoms with Gasteiger partial charge in [-0.05, 0) is 38.3 Å². The molecule has 0 bridgehead atoms. The minimum Gasteiger partial charge on any atom is -0.459 e. The number of aliphatic imine (C=N–C) groups is 1. The third-order valence-corrected chi connectivity index (χ3v) is 4.70. The highest BCUT2D eigenvalue weighted by atomic mass is 16.3. The molecule has 8 nitrogen and oxygen atoms in total. The summed E-state index contributed by atoms with van der Waals surface area (Å²) in [7, 11) is 0. The lowest BCUT2D eigenvalue weighted by Gasteiger charge is -2.36. The van der Waals surface area contributed by atoms with Crippen molar-refractivity contribution in [3.05, 3.63) is 24.2 Å². The van der Waals surface area contributed by atoms with E-state index in [9.17, 15) is 9.59 Å². The molecular weight excluding hydrogens is 346 g/mol. The molecule has 2 aliphatic rings. The fourth-order valence-electron chi connectivity index (χ4n) is 3.06. The Morgan fingerprint density at radius 3 is 2.59 bits per heavy atom. The normalized spacial score (nSPS) is 17.7. The van der Waals surface area contributed by atoms with Gasteiger partial charge in [-0.3, -0.25) is 14.6 Å². The van der Waals surface area contributed by atoms with Crippen LogP contribution in [0.5, 0.6) is 0 Å². The molecular formula is C19H29N5O3. The van der Waals surface area contributed by atoms with Gasteiger partial charge in [-0.15, -0.1) is 0 Å². The summed E-state index contributed by atoms with van der Waals surface area (Å²) >= 11 is 0. The second kappa shape index (κ2) is 9.43. The van der Waals surface area contributed by atoms with Gasteiger partial charge in [0.25, 0.3) is 5.91 Å². The smallest absolute Gasteiger partial charge is 0.289 e. The highest BCUT2D eigenvalue weighted by molar-refractivity contribution is 5.91. The molecule has 1 aliphatic heterocycles. The van der Waals surface area contributed by atoms with Crippen molar-refractivity contribution >= 4 is 17.8 Å². The van der Waals surface area contributed by atoms with Gasteiger partial charge in [0.2, 0.25) is 5.91 Å². The van der Waals surface area contributed by atoms with E-state index in [1.165, 1.54) is 6.26 Å². The van der Waals surface area contributed by atoms with E-state index in [2.05, 4.69) is 20.5 Å². The van der Waals surface area contributed by atoms with Gasteiger partial charge in [0, 0.05) is 51.7 Å². The van der Waals surface area contributed by atoms with Crippen molar-refractivity contribution < 1.29 is 14.0 Å². The first-order valence-electron chi connectivity index (χ1n) is 9.82. The Morgan fingerprint density at radius 1 is 1.22 bits per heavy atom. The number of carbonyl (C=O) groups excluding carboxylic acids is 2. The molecule has 1 saturated heterocycles. The Kier molecular flexibility index (Phi) is 6.73. The maximum atomic E-state index is 12.3. The number of guanidine groups is 1. The molecule has 0 unspecified atom stereocenters. The van der Waals surface area contributed by atoms with Crippen LogP contribution in [0.4, 0.5) is 0 Å². The third-order valence-electron chi connectivity index (χ3n) is 4.70. The Labute approximate surface area is 160 Å². The van der Waals surface area contributed by atoms with Crippen molar-refractivity contribution in [3.8, 4) is 0 Å². The lowest BCUT2D eigenvalue weighted by Crippen LogP contribution is -2.53. The van der Waals surface area contributed by atoms with Crippen LogP contribution in [0.3, 0.4) is 0 Å². The van der Waals surface area contributed by atoms with E-state index < -0.39 is 0 Å². The Bertz CT molecular complexity index is 646. The second-order valence-electron chi connectivity index (χ2n) is 6.94. The van der Waals surface area contributed by atoms with Gasteiger partial charge in [0.1, 0.15) is 0 Å². The van der Waals surface area contributed by atoms with Gasteiger partial charge < -0.3 is 24.9 Å². The highest BCUT2D eigenvalue weighted by Gasteiger charge is 2.25. The van der Waals surface area contributed by atoms with Gasteiger partial charge in [-0.1, -0.05) is 0 Å². The lowest BCUT2D eigenvalue weighted by atomic mass is 10.3. The van der Waals surface area contributed by atoms with Crippen LogP contribution >= 0.6 is 0 Å². The number of rotatable bonds is 7. The van der Waals surface area contributed by atoms with Gasteiger partial charge in [-0.2, -0.15) is 0 Å². The van der Waals surface area contributed by atoms with Crippen LogP contribution in [0.1, 0.15) is 43.2 Å². The predicted octanol–water partition coefficient (Wildman–Crippen LogP) is 1.06. The van der Waals surface area contributed by atoms with E-state index in [4.69, 9.17) is 4.42 Å². The predicted molar refractivity (Wildman–Crippen MR) is 103 cm³/mol. The molecule has 2 N–H and O–H groups in total. The molecule has 0 radical (unpaired) electrons. The molecule has 8 heteroatoms. The summed E-state index contributed by atoms with van der Waals surface area (Å²) in [4.78, 5) is 32.7. The molecule has 1 aliphatic carbocycles. The first-order chi connectivity index (χ1) is 13.2.